The van der Waals surface area contributed by atoms with Crippen molar-refractivity contribution in [2.24, 2.45) is 0 Å². The number of methoxy groups -OCH3 is 2. The summed E-state index contributed by atoms with van der Waals surface area (Å²) in [5, 5.41) is 12.4. The van der Waals surface area contributed by atoms with Crippen molar-refractivity contribution in [2.75, 3.05) is 32.2 Å². The third kappa shape index (κ3) is 3.72. The normalized spacial score (nSPS) is 14.3. The summed E-state index contributed by atoms with van der Waals surface area (Å²) in [6.45, 7) is 1.94. The number of fused-ring (bicyclic) bond motifs is 1. The van der Waals surface area contributed by atoms with Gasteiger partial charge in [-0.2, -0.15) is 5.26 Å². The van der Waals surface area contributed by atoms with E-state index < -0.39 is 6.29 Å². The third-order valence-corrected chi connectivity index (χ3v) is 5.74. The molecule has 0 atom stereocenters. The summed E-state index contributed by atoms with van der Waals surface area (Å²) < 4.78 is 11.1. The third-order valence-electron chi connectivity index (χ3n) is 5.74. The van der Waals surface area contributed by atoms with Gasteiger partial charge in [-0.25, -0.2) is 0 Å². The molecule has 0 aliphatic carbocycles. The van der Waals surface area contributed by atoms with E-state index in [9.17, 15) is 5.26 Å². The molecule has 0 saturated carbocycles. The first-order valence-corrected chi connectivity index (χ1v) is 10.1. The highest BCUT2D eigenvalue weighted by Crippen LogP contribution is 2.38. The summed E-state index contributed by atoms with van der Waals surface area (Å²) in [4.78, 5) is 2.34. The second-order valence-corrected chi connectivity index (χ2v) is 7.45. The molecule has 0 radical (unpaired) electrons. The highest BCUT2D eigenvalue weighted by Gasteiger charge is 2.23. The van der Waals surface area contributed by atoms with Gasteiger partial charge >= 0.3 is 0 Å². The maximum Gasteiger partial charge on any atom is 0.184 e. The summed E-state index contributed by atoms with van der Waals surface area (Å²) in [5.41, 5.74) is 4.63. The average Bonchev–Trinajstić information content (AvgIpc) is 2.79. The minimum Gasteiger partial charge on any atom is -0.370 e. The predicted octanol–water partition coefficient (Wildman–Crippen LogP) is 5.66. The fraction of sp³-hybridized carbons (Fsp3) is 0.320. The molecule has 3 aromatic carbocycles. The number of nitriles is 1. The Bertz CT molecular complexity index is 1040. The SMILES string of the molecule is COC(OC)c1cc(-c2cccc3ccccc23)cc(N2CCCCC2)c1C#N. The van der Waals surface area contributed by atoms with Gasteiger partial charge in [-0.05, 0) is 53.3 Å². The molecule has 29 heavy (non-hydrogen) atoms. The lowest BCUT2D eigenvalue weighted by atomic mass is 9.93. The number of rotatable bonds is 5. The zero-order valence-electron chi connectivity index (χ0n) is 17.0. The Labute approximate surface area is 172 Å². The van der Waals surface area contributed by atoms with Crippen LogP contribution in [0.4, 0.5) is 5.69 Å². The number of anilines is 1. The van der Waals surface area contributed by atoms with Crippen molar-refractivity contribution in [3.05, 3.63) is 65.7 Å². The van der Waals surface area contributed by atoms with Crippen LogP contribution in [0, 0.1) is 11.3 Å². The highest BCUT2D eigenvalue weighted by molar-refractivity contribution is 5.97. The van der Waals surface area contributed by atoms with E-state index in [-0.39, 0.29) is 0 Å². The summed E-state index contributed by atoms with van der Waals surface area (Å²) in [6.07, 6.45) is 2.96. The molecule has 4 rings (SSSR count). The van der Waals surface area contributed by atoms with Crippen molar-refractivity contribution in [2.45, 2.75) is 25.6 Å². The number of piperidine rings is 1. The van der Waals surface area contributed by atoms with E-state index in [0.29, 0.717) is 5.56 Å². The van der Waals surface area contributed by atoms with E-state index in [0.717, 1.165) is 48.3 Å². The Balaban J connectivity index is 1.96. The number of nitrogens with zero attached hydrogens (tertiary/aromatic N) is 2. The molecule has 0 N–H and O–H groups in total. The fourth-order valence-corrected chi connectivity index (χ4v) is 4.32. The minimum atomic E-state index is -0.580. The van der Waals surface area contributed by atoms with Gasteiger partial charge in [-0.1, -0.05) is 42.5 Å². The maximum absolute atomic E-state index is 10.0. The van der Waals surface area contributed by atoms with Crippen LogP contribution < -0.4 is 4.90 Å². The molecular formula is C25H26N2O2. The summed E-state index contributed by atoms with van der Waals surface area (Å²) >= 11 is 0. The molecule has 4 heteroatoms. The molecular weight excluding hydrogens is 360 g/mol. The van der Waals surface area contributed by atoms with Gasteiger partial charge in [0.2, 0.25) is 0 Å². The average molecular weight is 386 g/mol. The largest absolute Gasteiger partial charge is 0.370 e. The monoisotopic (exact) mass is 386 g/mol. The van der Waals surface area contributed by atoms with E-state index >= 15 is 0 Å². The molecule has 0 aromatic heterocycles. The molecule has 1 aliphatic heterocycles. The second kappa shape index (κ2) is 8.65. The molecule has 1 heterocycles. The van der Waals surface area contributed by atoms with Crippen LogP contribution >= 0.6 is 0 Å². The van der Waals surface area contributed by atoms with Crippen LogP contribution in [0.1, 0.15) is 36.7 Å². The molecule has 1 saturated heterocycles. The van der Waals surface area contributed by atoms with Crippen molar-refractivity contribution >= 4 is 16.5 Å². The molecule has 4 nitrogen and oxygen atoms in total. The first-order valence-electron chi connectivity index (χ1n) is 10.1. The van der Waals surface area contributed by atoms with E-state index in [4.69, 9.17) is 9.47 Å². The predicted molar refractivity (Wildman–Crippen MR) is 117 cm³/mol. The Morgan fingerprint density at radius 1 is 0.931 bits per heavy atom. The van der Waals surface area contributed by atoms with Crippen LogP contribution in [-0.4, -0.2) is 27.3 Å². The zero-order valence-corrected chi connectivity index (χ0v) is 17.0. The molecule has 0 bridgehead atoms. The lowest BCUT2D eigenvalue weighted by Crippen LogP contribution is -2.30. The number of hydrogen-bond acceptors (Lipinski definition) is 4. The van der Waals surface area contributed by atoms with Crippen LogP contribution in [0.2, 0.25) is 0 Å². The standard InChI is InChI=1S/C25H26N2O2/c1-28-25(29-2)22-15-19(21-12-8-10-18-9-4-5-11-20(18)21)16-24(23(22)17-26)27-13-6-3-7-14-27/h4-5,8-12,15-16,25H,3,6-7,13-14H2,1-2H3. The maximum atomic E-state index is 10.0. The highest BCUT2D eigenvalue weighted by atomic mass is 16.7. The van der Waals surface area contributed by atoms with Crippen molar-refractivity contribution < 1.29 is 9.47 Å². The zero-order chi connectivity index (χ0) is 20.2. The molecule has 148 valence electrons. The summed E-state index contributed by atoms with van der Waals surface area (Å²) in [5.74, 6) is 0. The first-order chi connectivity index (χ1) is 14.3. The summed E-state index contributed by atoms with van der Waals surface area (Å²) in [7, 11) is 3.22. The van der Waals surface area contributed by atoms with Gasteiger partial charge in [0.1, 0.15) is 6.07 Å². The van der Waals surface area contributed by atoms with E-state index in [1.807, 2.05) is 6.07 Å². The number of benzene rings is 3. The van der Waals surface area contributed by atoms with Gasteiger partial charge < -0.3 is 14.4 Å². The van der Waals surface area contributed by atoms with Crippen molar-refractivity contribution in [1.82, 2.24) is 0 Å². The summed E-state index contributed by atoms with van der Waals surface area (Å²) in [6, 6.07) is 21.4. The van der Waals surface area contributed by atoms with Gasteiger partial charge in [0.15, 0.2) is 6.29 Å². The Morgan fingerprint density at radius 2 is 1.66 bits per heavy atom. The van der Waals surface area contributed by atoms with Gasteiger partial charge in [-0.3, -0.25) is 0 Å². The smallest absolute Gasteiger partial charge is 0.184 e. The Kier molecular flexibility index (Phi) is 5.80. The van der Waals surface area contributed by atoms with Crippen LogP contribution in [-0.2, 0) is 9.47 Å². The van der Waals surface area contributed by atoms with Crippen molar-refractivity contribution in [1.29, 1.82) is 5.26 Å². The van der Waals surface area contributed by atoms with Crippen molar-refractivity contribution in [3.63, 3.8) is 0 Å². The van der Waals surface area contributed by atoms with Crippen LogP contribution in [0.5, 0.6) is 0 Å². The topological polar surface area (TPSA) is 45.5 Å². The molecule has 1 aliphatic rings. The molecule has 0 spiro atoms. The van der Waals surface area contributed by atoms with E-state index in [2.05, 4.69) is 59.5 Å². The van der Waals surface area contributed by atoms with Crippen molar-refractivity contribution in [3.8, 4) is 17.2 Å². The second-order valence-electron chi connectivity index (χ2n) is 7.45. The van der Waals surface area contributed by atoms with E-state index in [1.165, 1.54) is 17.2 Å². The first kappa shape index (κ1) is 19.4. The minimum absolute atomic E-state index is 0.580. The fourth-order valence-electron chi connectivity index (χ4n) is 4.32. The Morgan fingerprint density at radius 3 is 2.38 bits per heavy atom. The molecule has 0 unspecified atom stereocenters. The number of hydrogen-bond donors (Lipinski definition) is 0. The van der Waals surface area contributed by atoms with Gasteiger partial charge in [0.05, 0.1) is 11.3 Å². The molecule has 0 amide bonds. The van der Waals surface area contributed by atoms with Gasteiger partial charge in [0, 0.05) is 32.9 Å². The lowest BCUT2D eigenvalue weighted by molar-refractivity contribution is -0.106. The van der Waals surface area contributed by atoms with Crippen LogP contribution in [0.3, 0.4) is 0 Å². The number of ether oxygens (including phenoxy) is 2. The van der Waals surface area contributed by atoms with Gasteiger partial charge in [0.25, 0.3) is 0 Å². The lowest BCUT2D eigenvalue weighted by Gasteiger charge is -2.31. The van der Waals surface area contributed by atoms with Crippen LogP contribution in [0.15, 0.2) is 54.6 Å². The van der Waals surface area contributed by atoms with Gasteiger partial charge in [-0.15, -0.1) is 0 Å². The molecule has 1 fully saturated rings. The molecule has 3 aromatic rings. The quantitative estimate of drug-likeness (QED) is 0.531. The Hall–Kier alpha value is -2.87. The van der Waals surface area contributed by atoms with Crippen LogP contribution in [0.25, 0.3) is 21.9 Å². The van der Waals surface area contributed by atoms with E-state index in [1.54, 1.807) is 14.2 Å².